The molecule has 1 atom stereocenters. The highest BCUT2D eigenvalue weighted by atomic mass is 19.1. The normalized spacial score (nSPS) is 12.2. The van der Waals surface area contributed by atoms with Crippen LogP contribution < -0.4 is 10.5 Å². The number of rotatable bonds is 4. The van der Waals surface area contributed by atoms with Crippen molar-refractivity contribution < 1.29 is 9.13 Å². The van der Waals surface area contributed by atoms with E-state index in [1.54, 1.807) is 25.4 Å². The molecule has 4 heteroatoms. The van der Waals surface area contributed by atoms with Crippen molar-refractivity contribution in [3.05, 3.63) is 53.6 Å². The van der Waals surface area contributed by atoms with Crippen LogP contribution in [0.5, 0.6) is 11.5 Å². The van der Waals surface area contributed by atoms with E-state index in [1.165, 1.54) is 12.1 Å². The second-order valence-electron chi connectivity index (χ2n) is 4.72. The number of benzene rings is 1. The molecule has 1 heterocycles. The van der Waals surface area contributed by atoms with Gasteiger partial charge in [0.1, 0.15) is 17.3 Å². The van der Waals surface area contributed by atoms with Crippen molar-refractivity contribution in [2.75, 3.05) is 0 Å². The van der Waals surface area contributed by atoms with Gasteiger partial charge in [-0.05, 0) is 55.7 Å². The summed E-state index contributed by atoms with van der Waals surface area (Å²) in [6.45, 7) is 3.75. The number of halogens is 1. The molecule has 1 unspecified atom stereocenters. The molecule has 0 saturated heterocycles. The Morgan fingerprint density at radius 2 is 2.11 bits per heavy atom. The number of aryl methyl sites for hydroxylation is 1. The van der Waals surface area contributed by atoms with Crippen LogP contribution in [-0.4, -0.2) is 11.0 Å². The molecule has 0 aliphatic rings. The Morgan fingerprint density at radius 3 is 2.79 bits per heavy atom. The van der Waals surface area contributed by atoms with E-state index in [0.29, 0.717) is 11.5 Å². The summed E-state index contributed by atoms with van der Waals surface area (Å²) in [6.07, 6.45) is 4.15. The Morgan fingerprint density at radius 1 is 1.32 bits per heavy atom. The first-order chi connectivity index (χ1) is 9.04. The zero-order valence-corrected chi connectivity index (χ0v) is 11.1. The molecule has 1 aromatic carbocycles. The highest BCUT2D eigenvalue weighted by Gasteiger charge is 2.05. The summed E-state index contributed by atoms with van der Waals surface area (Å²) >= 11 is 0. The lowest BCUT2D eigenvalue weighted by Gasteiger charge is -2.10. The van der Waals surface area contributed by atoms with Crippen molar-refractivity contribution in [1.29, 1.82) is 0 Å². The SMILES string of the molecule is Cc1cc(F)ccc1Oc1cncc(CC(C)N)c1. The van der Waals surface area contributed by atoms with Gasteiger partial charge in [-0.1, -0.05) is 0 Å². The summed E-state index contributed by atoms with van der Waals surface area (Å²) in [5.41, 5.74) is 7.53. The second-order valence-corrected chi connectivity index (χ2v) is 4.72. The summed E-state index contributed by atoms with van der Waals surface area (Å²) in [7, 11) is 0. The van der Waals surface area contributed by atoms with Crippen molar-refractivity contribution in [3.8, 4) is 11.5 Å². The Kier molecular flexibility index (Phi) is 4.12. The topological polar surface area (TPSA) is 48.1 Å². The van der Waals surface area contributed by atoms with Gasteiger partial charge >= 0.3 is 0 Å². The lowest BCUT2D eigenvalue weighted by molar-refractivity contribution is 0.473. The van der Waals surface area contributed by atoms with Crippen molar-refractivity contribution in [1.82, 2.24) is 4.98 Å². The van der Waals surface area contributed by atoms with Gasteiger partial charge in [0, 0.05) is 12.2 Å². The molecule has 0 bridgehead atoms. The predicted octanol–water partition coefficient (Wildman–Crippen LogP) is 3.21. The Bertz CT molecular complexity index is 570. The smallest absolute Gasteiger partial charge is 0.145 e. The molecular weight excluding hydrogens is 243 g/mol. The van der Waals surface area contributed by atoms with Gasteiger partial charge in [-0.3, -0.25) is 4.98 Å². The second kappa shape index (κ2) is 5.80. The first-order valence-electron chi connectivity index (χ1n) is 6.18. The van der Waals surface area contributed by atoms with Crippen LogP contribution in [0, 0.1) is 12.7 Å². The maximum atomic E-state index is 13.0. The Hall–Kier alpha value is -1.94. The fraction of sp³-hybridized carbons (Fsp3) is 0.267. The molecular formula is C15H17FN2O. The van der Waals surface area contributed by atoms with E-state index in [1.807, 2.05) is 13.0 Å². The van der Waals surface area contributed by atoms with E-state index in [9.17, 15) is 4.39 Å². The van der Waals surface area contributed by atoms with E-state index in [4.69, 9.17) is 10.5 Å². The number of ether oxygens (including phenoxy) is 1. The molecule has 2 N–H and O–H groups in total. The van der Waals surface area contributed by atoms with Gasteiger partial charge in [0.2, 0.25) is 0 Å². The van der Waals surface area contributed by atoms with Gasteiger partial charge < -0.3 is 10.5 Å². The zero-order valence-electron chi connectivity index (χ0n) is 11.1. The van der Waals surface area contributed by atoms with E-state index in [0.717, 1.165) is 17.5 Å². The Balaban J connectivity index is 2.18. The molecule has 2 rings (SSSR count). The number of hydrogen-bond donors (Lipinski definition) is 1. The highest BCUT2D eigenvalue weighted by Crippen LogP contribution is 2.25. The number of pyridine rings is 1. The third-order valence-corrected chi connectivity index (χ3v) is 2.69. The number of aromatic nitrogens is 1. The number of nitrogens with zero attached hydrogens (tertiary/aromatic N) is 1. The number of nitrogens with two attached hydrogens (primary N) is 1. The maximum absolute atomic E-state index is 13.0. The van der Waals surface area contributed by atoms with Gasteiger partial charge in [-0.2, -0.15) is 0 Å². The summed E-state index contributed by atoms with van der Waals surface area (Å²) in [5.74, 6) is 0.989. The summed E-state index contributed by atoms with van der Waals surface area (Å²) in [4.78, 5) is 4.13. The third kappa shape index (κ3) is 3.76. The first-order valence-corrected chi connectivity index (χ1v) is 6.18. The minimum absolute atomic E-state index is 0.0737. The number of hydrogen-bond acceptors (Lipinski definition) is 3. The van der Waals surface area contributed by atoms with Crippen LogP contribution in [0.1, 0.15) is 18.1 Å². The van der Waals surface area contributed by atoms with Crippen molar-refractivity contribution in [2.24, 2.45) is 5.73 Å². The lowest BCUT2D eigenvalue weighted by atomic mass is 10.1. The van der Waals surface area contributed by atoms with Gasteiger partial charge in [-0.15, -0.1) is 0 Å². The van der Waals surface area contributed by atoms with Crippen molar-refractivity contribution >= 4 is 0 Å². The van der Waals surface area contributed by atoms with Crippen molar-refractivity contribution in [3.63, 3.8) is 0 Å². The quantitative estimate of drug-likeness (QED) is 0.918. The molecule has 0 fully saturated rings. The third-order valence-electron chi connectivity index (χ3n) is 2.69. The first kappa shape index (κ1) is 13.5. The molecule has 0 saturated carbocycles. The predicted molar refractivity (Wildman–Crippen MR) is 72.8 cm³/mol. The van der Waals surface area contributed by atoms with Crippen LogP contribution in [-0.2, 0) is 6.42 Å². The highest BCUT2D eigenvalue weighted by molar-refractivity contribution is 5.37. The molecule has 19 heavy (non-hydrogen) atoms. The summed E-state index contributed by atoms with van der Waals surface area (Å²) in [6, 6.07) is 6.41. The molecule has 2 aromatic rings. The fourth-order valence-electron chi connectivity index (χ4n) is 1.86. The molecule has 0 spiro atoms. The van der Waals surface area contributed by atoms with Gasteiger partial charge in [-0.25, -0.2) is 4.39 Å². The minimum atomic E-state index is -0.270. The van der Waals surface area contributed by atoms with Gasteiger partial charge in [0.25, 0.3) is 0 Å². The average molecular weight is 260 g/mol. The average Bonchev–Trinajstić information content (AvgIpc) is 2.32. The molecule has 0 radical (unpaired) electrons. The van der Waals surface area contributed by atoms with Crippen LogP contribution in [0.15, 0.2) is 36.7 Å². The molecule has 0 aliphatic carbocycles. The summed E-state index contributed by atoms with van der Waals surface area (Å²) in [5, 5.41) is 0. The van der Waals surface area contributed by atoms with Gasteiger partial charge in [0.05, 0.1) is 6.20 Å². The molecule has 1 aromatic heterocycles. The van der Waals surface area contributed by atoms with Crippen molar-refractivity contribution in [2.45, 2.75) is 26.3 Å². The van der Waals surface area contributed by atoms with E-state index < -0.39 is 0 Å². The van der Waals surface area contributed by atoms with E-state index >= 15 is 0 Å². The van der Waals surface area contributed by atoms with Crippen LogP contribution in [0.4, 0.5) is 4.39 Å². The minimum Gasteiger partial charge on any atom is -0.455 e. The maximum Gasteiger partial charge on any atom is 0.145 e. The molecule has 3 nitrogen and oxygen atoms in total. The van der Waals surface area contributed by atoms with Crippen LogP contribution >= 0.6 is 0 Å². The molecule has 0 aliphatic heterocycles. The summed E-state index contributed by atoms with van der Waals surface area (Å²) < 4.78 is 18.7. The van der Waals surface area contributed by atoms with E-state index in [-0.39, 0.29) is 11.9 Å². The fourth-order valence-corrected chi connectivity index (χ4v) is 1.86. The van der Waals surface area contributed by atoms with Crippen LogP contribution in [0.3, 0.4) is 0 Å². The van der Waals surface area contributed by atoms with Gasteiger partial charge in [0.15, 0.2) is 0 Å². The zero-order chi connectivity index (χ0) is 13.8. The largest absolute Gasteiger partial charge is 0.455 e. The molecule has 100 valence electrons. The molecule has 0 amide bonds. The Labute approximate surface area is 112 Å². The van der Waals surface area contributed by atoms with Crippen LogP contribution in [0.25, 0.3) is 0 Å². The standard InChI is InChI=1S/C15H17FN2O/c1-10-5-13(16)3-4-15(10)19-14-7-12(6-11(2)17)8-18-9-14/h3-5,7-9,11H,6,17H2,1-2H3. The van der Waals surface area contributed by atoms with Crippen LogP contribution in [0.2, 0.25) is 0 Å². The van der Waals surface area contributed by atoms with E-state index in [2.05, 4.69) is 4.98 Å². The lowest BCUT2D eigenvalue weighted by Crippen LogP contribution is -2.17. The monoisotopic (exact) mass is 260 g/mol.